The Morgan fingerprint density at radius 1 is 1.06 bits per heavy atom. The van der Waals surface area contributed by atoms with Gasteiger partial charge in [0.05, 0.1) is 23.8 Å². The summed E-state index contributed by atoms with van der Waals surface area (Å²) in [7, 11) is 0. The lowest BCUT2D eigenvalue weighted by atomic mass is 9.85. The van der Waals surface area contributed by atoms with Crippen LogP contribution in [0.4, 0.5) is 0 Å². The topological polar surface area (TPSA) is 83.2 Å². The minimum absolute atomic E-state index is 0.260. The van der Waals surface area contributed by atoms with Crippen molar-refractivity contribution in [3.8, 4) is 0 Å². The maximum atomic E-state index is 13.3. The lowest BCUT2D eigenvalue weighted by Crippen LogP contribution is -2.41. The SMILES string of the molecule is Cc1ccc(C2=NN(C(=O)CN3C(=O)[C@@H]4CC=CC[C@H]4C3=O)[C@H](c3ccco3)C2)cc1. The van der Waals surface area contributed by atoms with E-state index in [1.165, 1.54) is 5.01 Å². The average molecular weight is 417 g/mol. The maximum absolute atomic E-state index is 13.3. The Morgan fingerprint density at radius 3 is 2.35 bits per heavy atom. The lowest BCUT2D eigenvalue weighted by molar-refractivity contribution is -0.147. The van der Waals surface area contributed by atoms with Crippen LogP contribution >= 0.6 is 0 Å². The number of nitrogens with zero attached hydrogens (tertiary/aromatic N) is 3. The molecule has 31 heavy (non-hydrogen) atoms. The van der Waals surface area contributed by atoms with E-state index in [9.17, 15) is 14.4 Å². The highest BCUT2D eigenvalue weighted by molar-refractivity contribution is 6.08. The zero-order valence-corrected chi connectivity index (χ0v) is 17.2. The average Bonchev–Trinajstić information content (AvgIpc) is 3.51. The number of amides is 3. The number of carbonyl (C=O) groups is 3. The van der Waals surface area contributed by atoms with Gasteiger partial charge in [-0.2, -0.15) is 5.10 Å². The summed E-state index contributed by atoms with van der Waals surface area (Å²) >= 11 is 0. The van der Waals surface area contributed by atoms with Gasteiger partial charge < -0.3 is 4.42 Å². The molecule has 3 aliphatic rings. The molecule has 1 aromatic carbocycles. The van der Waals surface area contributed by atoms with Gasteiger partial charge in [-0.1, -0.05) is 42.0 Å². The highest BCUT2D eigenvalue weighted by Crippen LogP contribution is 2.36. The van der Waals surface area contributed by atoms with E-state index in [-0.39, 0.29) is 30.2 Å². The molecule has 7 heteroatoms. The van der Waals surface area contributed by atoms with Gasteiger partial charge >= 0.3 is 0 Å². The summed E-state index contributed by atoms with van der Waals surface area (Å²) in [6, 6.07) is 11.1. The number of carbonyl (C=O) groups excluding carboxylic acids is 3. The van der Waals surface area contributed by atoms with E-state index in [2.05, 4.69) is 5.10 Å². The molecule has 0 spiro atoms. The molecule has 2 aliphatic heterocycles. The van der Waals surface area contributed by atoms with Gasteiger partial charge in [-0.15, -0.1) is 0 Å². The van der Waals surface area contributed by atoms with Crippen molar-refractivity contribution >= 4 is 23.4 Å². The third-order valence-corrected chi connectivity index (χ3v) is 6.31. The van der Waals surface area contributed by atoms with Gasteiger partial charge in [-0.3, -0.25) is 19.3 Å². The number of benzene rings is 1. The van der Waals surface area contributed by atoms with Crippen molar-refractivity contribution in [2.24, 2.45) is 16.9 Å². The van der Waals surface area contributed by atoms with E-state index < -0.39 is 11.9 Å². The normalized spacial score (nSPS) is 25.2. The molecule has 2 aromatic rings. The van der Waals surface area contributed by atoms with Crippen LogP contribution in [0.25, 0.3) is 0 Å². The van der Waals surface area contributed by atoms with Crippen molar-refractivity contribution in [2.45, 2.75) is 32.2 Å². The number of allylic oxidation sites excluding steroid dienone is 2. The van der Waals surface area contributed by atoms with Gasteiger partial charge in [0.1, 0.15) is 18.3 Å². The fourth-order valence-electron chi connectivity index (χ4n) is 4.60. The molecule has 0 radical (unpaired) electrons. The van der Waals surface area contributed by atoms with Gasteiger partial charge in [0, 0.05) is 6.42 Å². The summed E-state index contributed by atoms with van der Waals surface area (Å²) < 4.78 is 5.57. The van der Waals surface area contributed by atoms with Gasteiger partial charge in [-0.05, 0) is 37.5 Å². The number of hydrogen-bond acceptors (Lipinski definition) is 5. The molecule has 3 amide bonds. The van der Waals surface area contributed by atoms with E-state index >= 15 is 0 Å². The number of aryl methyl sites for hydroxylation is 1. The van der Waals surface area contributed by atoms with Gasteiger partial charge in [0.15, 0.2) is 0 Å². The summed E-state index contributed by atoms with van der Waals surface area (Å²) in [5, 5.41) is 5.96. The van der Waals surface area contributed by atoms with Crippen LogP contribution in [0.5, 0.6) is 0 Å². The van der Waals surface area contributed by atoms with Crippen LogP contribution in [0.3, 0.4) is 0 Å². The number of fused-ring (bicyclic) bond motifs is 1. The standard InChI is InChI=1S/C24H23N3O4/c1-15-8-10-16(11-9-15)19-13-20(21-7-4-12-31-21)27(25-19)22(28)14-26-23(29)17-5-2-3-6-18(17)24(26)30/h2-4,7-12,17-18,20H,5-6,13-14H2,1H3/t17-,18-,20+/m1/s1. The predicted molar refractivity (Wildman–Crippen MR) is 113 cm³/mol. The third kappa shape index (κ3) is 3.40. The molecule has 1 aromatic heterocycles. The number of hydrazone groups is 1. The molecular weight excluding hydrogens is 394 g/mol. The molecule has 7 nitrogen and oxygen atoms in total. The van der Waals surface area contributed by atoms with E-state index in [1.54, 1.807) is 12.3 Å². The Bertz CT molecular complexity index is 1060. The van der Waals surface area contributed by atoms with Gasteiger partial charge in [-0.25, -0.2) is 5.01 Å². The van der Waals surface area contributed by atoms with Gasteiger partial charge in [0.25, 0.3) is 5.91 Å². The van der Waals surface area contributed by atoms with Crippen LogP contribution in [0, 0.1) is 18.8 Å². The minimum atomic E-state index is -0.407. The number of likely N-dealkylation sites (tertiary alicyclic amines) is 1. The molecule has 0 saturated carbocycles. The Kier molecular flexibility index (Phi) is 4.81. The molecular formula is C24H23N3O4. The second kappa shape index (κ2) is 7.65. The third-order valence-electron chi connectivity index (χ3n) is 6.31. The van der Waals surface area contributed by atoms with Crippen molar-refractivity contribution in [3.63, 3.8) is 0 Å². The first kappa shape index (κ1) is 19.5. The Labute approximate surface area is 180 Å². The number of imide groups is 1. The van der Waals surface area contributed by atoms with E-state index in [1.807, 2.05) is 49.4 Å². The smallest absolute Gasteiger partial charge is 0.263 e. The number of hydrogen-bond donors (Lipinski definition) is 0. The summed E-state index contributed by atoms with van der Waals surface area (Å²) in [5.41, 5.74) is 2.84. The number of furan rings is 1. The second-order valence-electron chi connectivity index (χ2n) is 8.30. The van der Waals surface area contributed by atoms with Crippen molar-refractivity contribution in [2.75, 3.05) is 6.54 Å². The fourth-order valence-corrected chi connectivity index (χ4v) is 4.60. The van der Waals surface area contributed by atoms with Crippen molar-refractivity contribution in [1.29, 1.82) is 0 Å². The summed E-state index contributed by atoms with van der Waals surface area (Å²) in [5.74, 6) is -0.992. The maximum Gasteiger partial charge on any atom is 0.263 e. The molecule has 5 rings (SSSR count). The molecule has 1 fully saturated rings. The zero-order chi connectivity index (χ0) is 21.5. The van der Waals surface area contributed by atoms with Crippen molar-refractivity contribution in [3.05, 3.63) is 71.7 Å². The quantitative estimate of drug-likeness (QED) is 0.565. The van der Waals surface area contributed by atoms with E-state index in [0.29, 0.717) is 25.0 Å². The predicted octanol–water partition coefficient (Wildman–Crippen LogP) is 3.22. The molecule has 1 aliphatic carbocycles. The lowest BCUT2D eigenvalue weighted by Gasteiger charge is -2.22. The first-order chi connectivity index (χ1) is 15.0. The summed E-state index contributed by atoms with van der Waals surface area (Å²) in [6.45, 7) is 1.71. The molecule has 158 valence electrons. The van der Waals surface area contributed by atoms with Crippen LogP contribution in [0.1, 0.15) is 42.2 Å². The molecule has 1 saturated heterocycles. The Balaban J connectivity index is 1.40. The molecule has 0 N–H and O–H groups in total. The minimum Gasteiger partial charge on any atom is -0.467 e. The second-order valence-corrected chi connectivity index (χ2v) is 8.30. The van der Waals surface area contributed by atoms with Crippen LogP contribution < -0.4 is 0 Å². The number of rotatable bonds is 4. The van der Waals surface area contributed by atoms with Crippen LogP contribution in [0.2, 0.25) is 0 Å². The molecule has 3 heterocycles. The Morgan fingerprint density at radius 2 is 1.74 bits per heavy atom. The van der Waals surface area contributed by atoms with E-state index in [0.717, 1.165) is 21.7 Å². The van der Waals surface area contributed by atoms with Crippen molar-refractivity contribution in [1.82, 2.24) is 9.91 Å². The largest absolute Gasteiger partial charge is 0.467 e. The first-order valence-corrected chi connectivity index (χ1v) is 10.5. The monoisotopic (exact) mass is 417 g/mol. The van der Waals surface area contributed by atoms with Crippen molar-refractivity contribution < 1.29 is 18.8 Å². The van der Waals surface area contributed by atoms with E-state index in [4.69, 9.17) is 4.42 Å². The van der Waals surface area contributed by atoms with Gasteiger partial charge in [0.2, 0.25) is 11.8 Å². The zero-order valence-electron chi connectivity index (χ0n) is 17.2. The highest BCUT2D eigenvalue weighted by Gasteiger charge is 2.48. The first-order valence-electron chi connectivity index (χ1n) is 10.5. The molecule has 0 unspecified atom stereocenters. The van der Waals surface area contributed by atoms with Crippen LogP contribution in [-0.2, 0) is 14.4 Å². The Hall–Kier alpha value is -3.48. The van der Waals surface area contributed by atoms with Crippen LogP contribution in [0.15, 0.2) is 64.3 Å². The highest BCUT2D eigenvalue weighted by atomic mass is 16.3. The van der Waals surface area contributed by atoms with Crippen LogP contribution in [-0.4, -0.2) is 39.9 Å². The molecule has 0 bridgehead atoms. The molecule has 3 atom stereocenters. The fraction of sp³-hybridized carbons (Fsp3) is 0.333. The summed E-state index contributed by atoms with van der Waals surface area (Å²) in [6.07, 6.45) is 7.03. The summed E-state index contributed by atoms with van der Waals surface area (Å²) in [4.78, 5) is 39.9.